The van der Waals surface area contributed by atoms with Gasteiger partial charge >= 0.3 is 6.03 Å². The molecule has 16 heavy (non-hydrogen) atoms. The SMILES string of the molecule is CCCNC(=O)NC(=O)CSC(C)CCN. The van der Waals surface area contributed by atoms with Crippen LogP contribution in [0.2, 0.25) is 0 Å². The molecule has 0 aromatic heterocycles. The number of hydrogen-bond donors (Lipinski definition) is 3. The summed E-state index contributed by atoms with van der Waals surface area (Å²) in [6, 6.07) is -0.418. The Balaban J connectivity index is 3.61. The van der Waals surface area contributed by atoms with Crippen molar-refractivity contribution in [3.05, 3.63) is 0 Å². The van der Waals surface area contributed by atoms with E-state index in [1.54, 1.807) is 0 Å². The highest BCUT2D eigenvalue weighted by atomic mass is 32.2. The summed E-state index contributed by atoms with van der Waals surface area (Å²) in [6.45, 7) is 5.16. The number of hydrogen-bond acceptors (Lipinski definition) is 4. The molecule has 1 atom stereocenters. The van der Waals surface area contributed by atoms with Crippen molar-refractivity contribution in [3.63, 3.8) is 0 Å². The Bertz CT molecular complexity index is 224. The molecule has 6 heteroatoms. The zero-order valence-electron chi connectivity index (χ0n) is 9.91. The van der Waals surface area contributed by atoms with Crippen LogP contribution in [-0.4, -0.2) is 36.0 Å². The van der Waals surface area contributed by atoms with E-state index in [9.17, 15) is 9.59 Å². The number of imide groups is 1. The van der Waals surface area contributed by atoms with Crippen molar-refractivity contribution in [2.75, 3.05) is 18.8 Å². The number of carbonyl (C=O) groups excluding carboxylic acids is 2. The zero-order valence-corrected chi connectivity index (χ0v) is 10.7. The molecule has 0 aliphatic heterocycles. The van der Waals surface area contributed by atoms with Crippen LogP contribution < -0.4 is 16.4 Å². The van der Waals surface area contributed by atoms with Crippen LogP contribution in [-0.2, 0) is 4.79 Å². The second-order valence-corrected chi connectivity index (χ2v) is 4.93. The molecule has 0 aromatic rings. The van der Waals surface area contributed by atoms with E-state index in [0.29, 0.717) is 24.1 Å². The van der Waals surface area contributed by atoms with Crippen LogP contribution in [0.5, 0.6) is 0 Å². The average Bonchev–Trinajstić information content (AvgIpc) is 2.24. The van der Waals surface area contributed by atoms with Gasteiger partial charge < -0.3 is 11.1 Å². The highest BCUT2D eigenvalue weighted by Crippen LogP contribution is 2.12. The van der Waals surface area contributed by atoms with Gasteiger partial charge in [-0.25, -0.2) is 4.79 Å². The second kappa shape index (κ2) is 9.47. The molecule has 4 N–H and O–H groups in total. The normalized spacial score (nSPS) is 11.9. The maximum absolute atomic E-state index is 11.3. The number of amides is 3. The lowest BCUT2D eigenvalue weighted by molar-refractivity contribution is -0.117. The van der Waals surface area contributed by atoms with E-state index < -0.39 is 6.03 Å². The molecule has 0 aliphatic carbocycles. The van der Waals surface area contributed by atoms with E-state index in [2.05, 4.69) is 10.6 Å². The van der Waals surface area contributed by atoms with E-state index in [4.69, 9.17) is 5.73 Å². The molecule has 0 heterocycles. The minimum Gasteiger partial charge on any atom is -0.338 e. The Morgan fingerprint density at radius 1 is 1.44 bits per heavy atom. The predicted molar refractivity (Wildman–Crippen MR) is 67.4 cm³/mol. The van der Waals surface area contributed by atoms with Gasteiger partial charge in [0.2, 0.25) is 5.91 Å². The molecule has 3 amide bonds. The molecule has 5 nitrogen and oxygen atoms in total. The standard InChI is InChI=1S/C10H21N3O2S/c1-3-6-12-10(15)13-9(14)7-16-8(2)4-5-11/h8H,3-7,11H2,1-2H3,(H2,12,13,14,15). The van der Waals surface area contributed by atoms with Gasteiger partial charge in [0, 0.05) is 11.8 Å². The third kappa shape index (κ3) is 8.55. The van der Waals surface area contributed by atoms with E-state index >= 15 is 0 Å². The summed E-state index contributed by atoms with van der Waals surface area (Å²) >= 11 is 1.50. The monoisotopic (exact) mass is 247 g/mol. The third-order valence-electron chi connectivity index (χ3n) is 1.86. The molecular formula is C10H21N3O2S. The van der Waals surface area contributed by atoms with Crippen LogP contribution in [0.4, 0.5) is 4.79 Å². The first kappa shape index (κ1) is 15.2. The highest BCUT2D eigenvalue weighted by Gasteiger charge is 2.09. The molecule has 0 bridgehead atoms. The maximum atomic E-state index is 11.3. The van der Waals surface area contributed by atoms with Gasteiger partial charge in [0.05, 0.1) is 5.75 Å². The first-order chi connectivity index (χ1) is 7.60. The topological polar surface area (TPSA) is 84.2 Å². The highest BCUT2D eigenvalue weighted by molar-refractivity contribution is 8.00. The Morgan fingerprint density at radius 3 is 2.69 bits per heavy atom. The van der Waals surface area contributed by atoms with Gasteiger partial charge in [-0.3, -0.25) is 10.1 Å². The Hall–Kier alpha value is -0.750. The Labute approximate surface area is 101 Å². The summed E-state index contributed by atoms with van der Waals surface area (Å²) in [5.41, 5.74) is 5.39. The van der Waals surface area contributed by atoms with Gasteiger partial charge in [0.15, 0.2) is 0 Å². The molecule has 94 valence electrons. The molecule has 0 rings (SSSR count). The quantitative estimate of drug-likeness (QED) is 0.618. The fourth-order valence-corrected chi connectivity index (χ4v) is 1.79. The van der Waals surface area contributed by atoms with Crippen LogP contribution >= 0.6 is 11.8 Å². The summed E-state index contributed by atoms with van der Waals surface area (Å²) in [5, 5.41) is 5.19. The molecule has 0 saturated heterocycles. The molecule has 0 spiro atoms. The van der Waals surface area contributed by atoms with Crippen molar-refractivity contribution in [2.45, 2.75) is 31.9 Å². The molecular weight excluding hydrogens is 226 g/mol. The summed E-state index contributed by atoms with van der Waals surface area (Å²) < 4.78 is 0. The lowest BCUT2D eigenvalue weighted by Crippen LogP contribution is -2.40. The Morgan fingerprint density at radius 2 is 2.12 bits per heavy atom. The van der Waals surface area contributed by atoms with Crippen molar-refractivity contribution >= 4 is 23.7 Å². The van der Waals surface area contributed by atoms with Gasteiger partial charge in [-0.15, -0.1) is 11.8 Å². The predicted octanol–water partition coefficient (Wildman–Crippen LogP) is 0.693. The van der Waals surface area contributed by atoms with Crippen LogP contribution in [0.25, 0.3) is 0 Å². The number of urea groups is 1. The van der Waals surface area contributed by atoms with Crippen molar-refractivity contribution in [1.82, 2.24) is 10.6 Å². The number of carbonyl (C=O) groups is 2. The molecule has 0 radical (unpaired) electrons. The first-order valence-electron chi connectivity index (χ1n) is 5.49. The average molecular weight is 247 g/mol. The lowest BCUT2D eigenvalue weighted by Gasteiger charge is -2.09. The zero-order chi connectivity index (χ0) is 12.4. The van der Waals surface area contributed by atoms with Crippen LogP contribution in [0.3, 0.4) is 0 Å². The van der Waals surface area contributed by atoms with E-state index in [0.717, 1.165) is 12.8 Å². The fourth-order valence-electron chi connectivity index (χ4n) is 0.981. The van der Waals surface area contributed by atoms with Crippen molar-refractivity contribution in [1.29, 1.82) is 0 Å². The molecule has 0 aromatic carbocycles. The summed E-state index contributed by atoms with van der Waals surface area (Å²) in [5.74, 6) is 0.0308. The third-order valence-corrected chi connectivity index (χ3v) is 3.09. The van der Waals surface area contributed by atoms with Gasteiger partial charge in [0.25, 0.3) is 0 Å². The lowest BCUT2D eigenvalue weighted by atomic mass is 10.3. The first-order valence-corrected chi connectivity index (χ1v) is 6.54. The van der Waals surface area contributed by atoms with Gasteiger partial charge in [0.1, 0.15) is 0 Å². The van der Waals surface area contributed by atoms with Gasteiger partial charge in [-0.1, -0.05) is 13.8 Å². The van der Waals surface area contributed by atoms with Crippen molar-refractivity contribution < 1.29 is 9.59 Å². The molecule has 1 unspecified atom stereocenters. The van der Waals surface area contributed by atoms with Crippen molar-refractivity contribution in [3.8, 4) is 0 Å². The van der Waals surface area contributed by atoms with Gasteiger partial charge in [-0.2, -0.15) is 0 Å². The number of nitrogens with one attached hydrogen (secondary N) is 2. The van der Waals surface area contributed by atoms with E-state index in [-0.39, 0.29) is 5.91 Å². The molecule has 0 aliphatic rings. The number of rotatable bonds is 7. The summed E-state index contributed by atoms with van der Waals surface area (Å²) in [7, 11) is 0. The van der Waals surface area contributed by atoms with E-state index in [1.807, 2.05) is 13.8 Å². The Kier molecular flexibility index (Phi) is 9.03. The smallest absolute Gasteiger partial charge is 0.321 e. The minimum atomic E-state index is -0.418. The summed E-state index contributed by atoms with van der Waals surface area (Å²) in [6.07, 6.45) is 1.73. The summed E-state index contributed by atoms with van der Waals surface area (Å²) in [4.78, 5) is 22.4. The van der Waals surface area contributed by atoms with E-state index in [1.165, 1.54) is 11.8 Å². The molecule has 0 fully saturated rings. The maximum Gasteiger partial charge on any atom is 0.321 e. The minimum absolute atomic E-state index is 0.262. The molecule has 0 saturated carbocycles. The van der Waals surface area contributed by atoms with Crippen LogP contribution in [0.1, 0.15) is 26.7 Å². The van der Waals surface area contributed by atoms with Gasteiger partial charge in [-0.05, 0) is 19.4 Å². The fraction of sp³-hybridized carbons (Fsp3) is 0.800. The number of thioether (sulfide) groups is 1. The largest absolute Gasteiger partial charge is 0.338 e. The van der Waals surface area contributed by atoms with Crippen LogP contribution in [0.15, 0.2) is 0 Å². The van der Waals surface area contributed by atoms with Crippen LogP contribution in [0, 0.1) is 0 Å². The van der Waals surface area contributed by atoms with Crippen molar-refractivity contribution in [2.24, 2.45) is 5.73 Å². The second-order valence-electron chi connectivity index (χ2n) is 3.50. The number of nitrogens with two attached hydrogens (primary N) is 1.